The van der Waals surface area contributed by atoms with Crippen LogP contribution in [0.5, 0.6) is 0 Å². The number of hydrogen-bond donors (Lipinski definition) is 3. The van der Waals surface area contributed by atoms with Gasteiger partial charge in [0.1, 0.15) is 24.4 Å². The fourth-order valence-corrected chi connectivity index (χ4v) is 16.1. The van der Waals surface area contributed by atoms with Gasteiger partial charge in [-0.25, -0.2) is 0 Å². The predicted octanol–water partition coefficient (Wildman–Crippen LogP) is 15.5. The first kappa shape index (κ1) is 78.7. The van der Waals surface area contributed by atoms with Crippen LogP contribution in [0.2, 0.25) is 112 Å². The van der Waals surface area contributed by atoms with Crippen molar-refractivity contribution in [1.29, 1.82) is 0 Å². The Bertz CT molecular complexity index is 1990. The Kier molecular flexibility index (Phi) is 29.1. The van der Waals surface area contributed by atoms with Gasteiger partial charge in [0.25, 0.3) is 0 Å². The molecule has 21 heteroatoms. The highest BCUT2D eigenvalue weighted by atomic mass is 32.2. The first-order valence-electron chi connectivity index (χ1n) is 27.4. The van der Waals surface area contributed by atoms with Gasteiger partial charge in [0.2, 0.25) is 8.32 Å². The van der Waals surface area contributed by atoms with Crippen LogP contribution in [0.25, 0.3) is 0 Å². The molecule has 3 N–H and O–H groups in total. The first-order chi connectivity index (χ1) is 33.3. The Morgan fingerprint density at radius 1 is 0.558 bits per heavy atom. The number of hydrogen-bond acceptors (Lipinski definition) is 11. The van der Waals surface area contributed by atoms with Gasteiger partial charge in [-0.1, -0.05) is 179 Å². The third-order valence-electron chi connectivity index (χ3n) is 16.4. The zero-order chi connectivity index (χ0) is 60.8. The van der Waals surface area contributed by atoms with Crippen LogP contribution in [0.3, 0.4) is 0 Å². The fourth-order valence-electron chi connectivity index (χ4n) is 7.05. The second-order valence-corrected chi connectivity index (χ2v) is 60.7. The van der Waals surface area contributed by atoms with E-state index in [4.69, 9.17) is 22.8 Å². The maximum atomic E-state index is 12.1. The van der Waals surface area contributed by atoms with E-state index in [1.807, 2.05) is 18.7 Å². The summed E-state index contributed by atoms with van der Waals surface area (Å²) in [6.07, 6.45) is 4.45. The van der Waals surface area contributed by atoms with Gasteiger partial charge in [0, 0.05) is 11.8 Å². The van der Waals surface area contributed by atoms with E-state index in [2.05, 4.69) is 177 Å². The number of rotatable bonds is 18. The number of ether oxygens (including phenoxy) is 2. The van der Waals surface area contributed by atoms with Crippen LogP contribution in [0.4, 0.5) is 13.2 Å². The Morgan fingerprint density at radius 2 is 0.909 bits per heavy atom. The molecule has 2 heterocycles. The summed E-state index contributed by atoms with van der Waals surface area (Å²) in [5.41, 5.74) is -0.898. The maximum Gasteiger partial charge on any atom is 0.522 e. The number of halogens is 3. The van der Waals surface area contributed by atoms with Crippen LogP contribution >= 0.6 is 0 Å². The van der Waals surface area contributed by atoms with Gasteiger partial charge in [0.05, 0.1) is 52.8 Å². The van der Waals surface area contributed by atoms with Crippen LogP contribution < -0.4 is 0 Å². The molecular formula is C56H117F3O11SSi6. The average molecular weight is 1220 g/mol. The molecule has 2 saturated heterocycles. The Hall–Kier alpha value is -0.359. The van der Waals surface area contributed by atoms with Crippen LogP contribution in [-0.4, -0.2) is 140 Å². The van der Waals surface area contributed by atoms with Gasteiger partial charge in [-0.3, -0.25) is 0 Å². The summed E-state index contributed by atoms with van der Waals surface area (Å²) in [5.74, 6) is -0.0185. The first-order valence-corrected chi connectivity index (χ1v) is 47.6. The van der Waals surface area contributed by atoms with Crippen molar-refractivity contribution in [3.63, 3.8) is 0 Å². The molecule has 2 aliphatic heterocycles. The van der Waals surface area contributed by atoms with Crippen LogP contribution in [0.1, 0.15) is 117 Å². The van der Waals surface area contributed by atoms with Crippen LogP contribution in [0, 0.1) is 11.8 Å². The molecule has 12 atom stereocenters. The van der Waals surface area contributed by atoms with Crippen molar-refractivity contribution in [1.82, 2.24) is 0 Å². The maximum absolute atomic E-state index is 12.1. The molecule has 0 aromatic carbocycles. The van der Waals surface area contributed by atoms with Crippen molar-refractivity contribution >= 4 is 59.5 Å². The third kappa shape index (κ3) is 23.7. The van der Waals surface area contributed by atoms with E-state index in [0.29, 0.717) is 6.42 Å². The smallest absolute Gasteiger partial charge is 0.411 e. The van der Waals surface area contributed by atoms with E-state index in [-0.39, 0.29) is 71.0 Å². The fraction of sp³-hybridized carbons (Fsp3) is 0.857. The molecule has 0 aromatic rings. The van der Waals surface area contributed by atoms with Gasteiger partial charge in [0.15, 0.2) is 25.0 Å². The van der Waals surface area contributed by atoms with Gasteiger partial charge < -0.3 is 41.9 Å². The topological polar surface area (TPSA) is 150 Å². The van der Waals surface area contributed by atoms with Crippen molar-refractivity contribution in [2.24, 2.45) is 11.8 Å². The van der Waals surface area contributed by atoms with Crippen LogP contribution in [0.15, 0.2) is 48.9 Å². The molecule has 1 unspecified atom stereocenters. The lowest BCUT2D eigenvalue weighted by Crippen LogP contribution is -2.65. The molecule has 0 saturated carbocycles. The van der Waals surface area contributed by atoms with E-state index in [1.165, 1.54) is 13.1 Å². The molecule has 0 radical (unpaired) electrons. The van der Waals surface area contributed by atoms with E-state index >= 15 is 0 Å². The number of aliphatic hydroxyl groups is 3. The molecule has 2 aliphatic rings. The van der Waals surface area contributed by atoms with Gasteiger partial charge in [-0.2, -0.15) is 21.6 Å². The van der Waals surface area contributed by atoms with Gasteiger partial charge in [-0.05, 0) is 85.4 Å². The molecular weight excluding hydrogens is 1110 g/mol. The lowest BCUT2D eigenvalue weighted by Gasteiger charge is -2.54. The quantitative estimate of drug-likeness (QED) is 0.0684. The average Bonchev–Trinajstić information content (AvgIpc) is 3.18. The molecule has 2 rings (SSSR count). The lowest BCUT2D eigenvalue weighted by molar-refractivity contribution is -0.214. The Morgan fingerprint density at radius 3 is 1.26 bits per heavy atom. The van der Waals surface area contributed by atoms with Crippen molar-refractivity contribution in [3.8, 4) is 0 Å². The summed E-state index contributed by atoms with van der Waals surface area (Å²) in [4.78, 5) is 0. The highest BCUT2D eigenvalue weighted by Gasteiger charge is 2.56. The number of alkyl halides is 3. The molecule has 0 aliphatic carbocycles. The zero-order valence-corrected chi connectivity index (χ0v) is 59.7. The molecule has 0 spiro atoms. The van der Waals surface area contributed by atoms with Crippen molar-refractivity contribution in [3.05, 3.63) is 48.9 Å². The van der Waals surface area contributed by atoms with Crippen molar-refractivity contribution in [2.45, 2.75) is 296 Å². The summed E-state index contributed by atoms with van der Waals surface area (Å²) in [5, 5.41) is 30.1. The Labute approximate surface area is 476 Å². The standard InChI is InChI=1S/C33H70O4Si4.C15H28O4Si.C7H15F3O3SSi.CH4/c1-21-22-26-25(2)28(36-40(17,18)32(6,7)8)30(37-41(19,20)33(9,10)11)29(34-26)27(23-24-38(12,13)14)35-39(15,16)31(3,4)5;1-6-7-12-10(2)13(17)14(18)15(19-12)11(16)8-9-20(3,4)5;1-6(2,3)15(4,5)13-14(11,12)7(8,9)10;/h21,23-30H,1,22H2,2-20H3;6,8-18H,1,7H2,2-5H3;1-5H3;1H4/b24-23+;9-8+;;/t25-,26-,27-,28-,29-,30-;10-,11-,12-,13-,14?,15-;;/m00../s1. The van der Waals surface area contributed by atoms with E-state index < -0.39 is 94.5 Å². The highest BCUT2D eigenvalue weighted by Crippen LogP contribution is 2.47. The second-order valence-electron chi connectivity index (χ2n) is 29.7. The van der Waals surface area contributed by atoms with Gasteiger partial charge in [-0.15, -0.1) is 13.2 Å². The minimum Gasteiger partial charge on any atom is -0.411 e. The third-order valence-corrected chi connectivity index (χ3v) is 38.9. The van der Waals surface area contributed by atoms with Crippen molar-refractivity contribution in [2.75, 3.05) is 0 Å². The summed E-state index contributed by atoms with van der Waals surface area (Å²) < 4.78 is 97.2. The number of aliphatic hydroxyl groups excluding tert-OH is 3. The van der Waals surface area contributed by atoms with Crippen molar-refractivity contribution < 1.29 is 63.5 Å². The van der Waals surface area contributed by atoms with E-state index in [9.17, 15) is 36.9 Å². The lowest BCUT2D eigenvalue weighted by atomic mass is 9.85. The zero-order valence-electron chi connectivity index (χ0n) is 52.9. The second kappa shape index (κ2) is 28.5. The minimum atomic E-state index is -5.48. The largest absolute Gasteiger partial charge is 0.522 e. The predicted molar refractivity (Wildman–Crippen MR) is 334 cm³/mol. The molecule has 77 heavy (non-hydrogen) atoms. The SMILES string of the molecule is C.C=CC[C@@H]1O[C@@H]([C@@H](O)/C=C/[Si](C)(C)C)C(O)[C@@H](O)[C@H]1C.C=CC[C@@H]1O[C@@H]([C@H](/C=C/[Si](C)(C)C)O[Si](C)(C)C(C)(C)C)[C@@H](O[Si](C)(C)C(C)(C)C)[C@@H](O[Si](C)(C)C(C)(C)C)[C@H]1C.CC(C)(C)[Si](C)(C)OS(=O)(=O)C(F)(F)F. The molecule has 0 bridgehead atoms. The van der Waals surface area contributed by atoms with Crippen LogP contribution in [-0.2, 0) is 36.7 Å². The molecule has 2 fully saturated rings. The minimum absolute atomic E-state index is 0. The highest BCUT2D eigenvalue weighted by molar-refractivity contribution is 7.88. The molecule has 11 nitrogen and oxygen atoms in total. The summed E-state index contributed by atoms with van der Waals surface area (Å²) in [6.45, 7) is 68.4. The molecule has 0 amide bonds. The summed E-state index contributed by atoms with van der Waals surface area (Å²) in [6, 6.07) is 0. The van der Waals surface area contributed by atoms with E-state index in [1.54, 1.807) is 32.9 Å². The summed E-state index contributed by atoms with van der Waals surface area (Å²) >= 11 is 0. The molecule has 0 aromatic heterocycles. The summed E-state index contributed by atoms with van der Waals surface area (Å²) in [7, 11) is -17.8. The monoisotopic (exact) mass is 1220 g/mol. The van der Waals surface area contributed by atoms with E-state index in [0.717, 1.165) is 6.42 Å². The normalized spacial score (nSPS) is 26.9. The van der Waals surface area contributed by atoms with Gasteiger partial charge >= 0.3 is 15.6 Å². The molecule has 458 valence electrons. The Balaban J connectivity index is 0.